The van der Waals surface area contributed by atoms with Crippen molar-refractivity contribution >= 4 is 31.9 Å². The van der Waals surface area contributed by atoms with E-state index in [1.807, 2.05) is 0 Å². The Morgan fingerprint density at radius 1 is 1.20 bits per heavy atom. The van der Waals surface area contributed by atoms with E-state index in [4.69, 9.17) is 0 Å². The summed E-state index contributed by atoms with van der Waals surface area (Å²) in [5.74, 6) is 0. The minimum absolute atomic E-state index is 0.227. The summed E-state index contributed by atoms with van der Waals surface area (Å²) in [4.78, 5) is 0. The summed E-state index contributed by atoms with van der Waals surface area (Å²) in [5.41, 5.74) is 0.706. The zero-order valence-corrected chi connectivity index (χ0v) is 15.1. The summed E-state index contributed by atoms with van der Waals surface area (Å²) in [6, 6.07) is 6.46. The number of nitrogens with one attached hydrogen (secondary N) is 1. The van der Waals surface area contributed by atoms with Gasteiger partial charge in [0.15, 0.2) is 0 Å². The molecule has 112 valence electrons. The topological polar surface area (TPSA) is 32.3 Å². The van der Waals surface area contributed by atoms with Gasteiger partial charge in [0.05, 0.1) is 5.60 Å². The third-order valence-electron chi connectivity index (χ3n) is 4.20. The van der Waals surface area contributed by atoms with Crippen LogP contribution in [0.4, 0.5) is 0 Å². The quantitative estimate of drug-likeness (QED) is 0.696. The molecule has 1 aromatic carbocycles. The van der Waals surface area contributed by atoms with Gasteiger partial charge in [0, 0.05) is 21.5 Å². The van der Waals surface area contributed by atoms with Gasteiger partial charge in [0.2, 0.25) is 0 Å². The average molecular weight is 405 g/mol. The minimum Gasteiger partial charge on any atom is -0.389 e. The predicted molar refractivity (Wildman–Crippen MR) is 90.9 cm³/mol. The van der Waals surface area contributed by atoms with Gasteiger partial charge in [-0.3, -0.25) is 0 Å². The van der Waals surface area contributed by atoms with E-state index >= 15 is 0 Å². The summed E-state index contributed by atoms with van der Waals surface area (Å²) in [6.07, 6.45) is 6.66. The Bertz CT molecular complexity index is 442. The van der Waals surface area contributed by atoms with Crippen LogP contribution in [0.25, 0.3) is 0 Å². The van der Waals surface area contributed by atoms with Crippen molar-refractivity contribution in [3.8, 4) is 0 Å². The van der Waals surface area contributed by atoms with Crippen molar-refractivity contribution in [3.05, 3.63) is 32.7 Å². The van der Waals surface area contributed by atoms with Gasteiger partial charge < -0.3 is 10.4 Å². The zero-order chi connectivity index (χ0) is 14.6. The number of hydrogen-bond acceptors (Lipinski definition) is 2. The summed E-state index contributed by atoms with van der Waals surface area (Å²) >= 11 is 7.08. The Balaban J connectivity index is 1.95. The Labute approximate surface area is 138 Å². The van der Waals surface area contributed by atoms with Crippen molar-refractivity contribution in [2.75, 3.05) is 6.54 Å². The fourth-order valence-electron chi connectivity index (χ4n) is 2.87. The molecule has 2 rings (SSSR count). The van der Waals surface area contributed by atoms with Crippen LogP contribution < -0.4 is 5.32 Å². The highest BCUT2D eigenvalue weighted by atomic mass is 79.9. The second-order valence-electron chi connectivity index (χ2n) is 5.91. The van der Waals surface area contributed by atoms with Crippen LogP contribution in [0.1, 0.15) is 57.1 Å². The van der Waals surface area contributed by atoms with Gasteiger partial charge in [-0.05, 0) is 37.5 Å². The van der Waals surface area contributed by atoms with E-state index in [2.05, 4.69) is 62.3 Å². The zero-order valence-electron chi connectivity index (χ0n) is 12.0. The summed E-state index contributed by atoms with van der Waals surface area (Å²) in [6.45, 7) is 2.82. The standard InChI is InChI=1S/C16H23Br2NO/c1-12(14-7-6-13(17)10-15(14)18)19-11-16(20)8-4-2-3-5-9-16/h6-7,10,12,19-20H,2-5,8-9,11H2,1H3. The van der Waals surface area contributed by atoms with Gasteiger partial charge >= 0.3 is 0 Å². The molecular weight excluding hydrogens is 382 g/mol. The highest BCUT2D eigenvalue weighted by Crippen LogP contribution is 2.29. The van der Waals surface area contributed by atoms with Crippen molar-refractivity contribution in [1.82, 2.24) is 5.32 Å². The highest BCUT2D eigenvalue weighted by Gasteiger charge is 2.28. The lowest BCUT2D eigenvalue weighted by Crippen LogP contribution is -2.41. The van der Waals surface area contributed by atoms with Gasteiger partial charge in [-0.1, -0.05) is 63.6 Å². The van der Waals surface area contributed by atoms with Crippen LogP contribution in [0, 0.1) is 0 Å². The van der Waals surface area contributed by atoms with Gasteiger partial charge in [0.1, 0.15) is 0 Å². The molecule has 0 amide bonds. The molecule has 1 atom stereocenters. The van der Waals surface area contributed by atoms with Gasteiger partial charge in [-0.15, -0.1) is 0 Å². The second kappa shape index (κ2) is 7.39. The lowest BCUT2D eigenvalue weighted by molar-refractivity contribution is 0.0231. The Kier molecular flexibility index (Phi) is 6.09. The number of aliphatic hydroxyl groups is 1. The number of hydrogen-bond donors (Lipinski definition) is 2. The van der Waals surface area contributed by atoms with Crippen molar-refractivity contribution in [3.63, 3.8) is 0 Å². The maximum Gasteiger partial charge on any atom is 0.0771 e. The Hall–Kier alpha value is 0.1000. The minimum atomic E-state index is -0.521. The second-order valence-corrected chi connectivity index (χ2v) is 7.68. The lowest BCUT2D eigenvalue weighted by atomic mass is 9.94. The van der Waals surface area contributed by atoms with E-state index in [-0.39, 0.29) is 6.04 Å². The molecule has 1 saturated carbocycles. The third kappa shape index (κ3) is 4.55. The lowest BCUT2D eigenvalue weighted by Gasteiger charge is -2.29. The summed E-state index contributed by atoms with van der Waals surface area (Å²) < 4.78 is 2.17. The number of rotatable bonds is 4. The van der Waals surface area contributed by atoms with E-state index < -0.39 is 5.60 Å². The molecule has 1 fully saturated rings. The Morgan fingerprint density at radius 3 is 2.45 bits per heavy atom. The molecule has 1 unspecified atom stereocenters. The first-order valence-electron chi connectivity index (χ1n) is 7.41. The van der Waals surface area contributed by atoms with Crippen molar-refractivity contribution in [1.29, 1.82) is 0 Å². The third-order valence-corrected chi connectivity index (χ3v) is 5.38. The first-order chi connectivity index (χ1) is 9.50. The SMILES string of the molecule is CC(NCC1(O)CCCCCC1)c1ccc(Br)cc1Br. The van der Waals surface area contributed by atoms with E-state index in [1.165, 1.54) is 18.4 Å². The molecule has 1 aliphatic rings. The smallest absolute Gasteiger partial charge is 0.0771 e. The molecule has 0 spiro atoms. The highest BCUT2D eigenvalue weighted by molar-refractivity contribution is 9.11. The number of benzene rings is 1. The van der Waals surface area contributed by atoms with E-state index in [1.54, 1.807) is 0 Å². The molecule has 1 aliphatic carbocycles. The summed E-state index contributed by atoms with van der Waals surface area (Å²) in [7, 11) is 0. The van der Waals surface area contributed by atoms with Crippen LogP contribution in [-0.4, -0.2) is 17.3 Å². The monoisotopic (exact) mass is 403 g/mol. The van der Waals surface area contributed by atoms with Gasteiger partial charge in [0.25, 0.3) is 0 Å². The molecule has 2 nitrogen and oxygen atoms in total. The largest absolute Gasteiger partial charge is 0.389 e. The first-order valence-corrected chi connectivity index (χ1v) is 8.99. The molecular formula is C16H23Br2NO. The fraction of sp³-hybridized carbons (Fsp3) is 0.625. The molecule has 4 heteroatoms. The van der Waals surface area contributed by atoms with E-state index in [0.717, 1.165) is 34.6 Å². The number of halogens is 2. The maximum atomic E-state index is 10.7. The first kappa shape index (κ1) is 16.5. The van der Waals surface area contributed by atoms with Gasteiger partial charge in [-0.25, -0.2) is 0 Å². The Morgan fingerprint density at radius 2 is 1.85 bits per heavy atom. The average Bonchev–Trinajstić information content (AvgIpc) is 2.61. The van der Waals surface area contributed by atoms with E-state index in [0.29, 0.717) is 6.54 Å². The predicted octanol–water partition coefficient (Wildman–Crippen LogP) is 4.95. The maximum absolute atomic E-state index is 10.7. The van der Waals surface area contributed by atoms with Crippen LogP contribution >= 0.6 is 31.9 Å². The molecule has 0 bridgehead atoms. The normalized spacial score (nSPS) is 20.4. The summed E-state index contributed by atoms with van der Waals surface area (Å²) in [5, 5.41) is 14.2. The van der Waals surface area contributed by atoms with Crippen molar-refractivity contribution in [2.45, 2.75) is 57.1 Å². The van der Waals surface area contributed by atoms with Crippen LogP contribution in [0.5, 0.6) is 0 Å². The molecule has 0 heterocycles. The van der Waals surface area contributed by atoms with Gasteiger partial charge in [-0.2, -0.15) is 0 Å². The molecule has 1 aromatic rings. The van der Waals surface area contributed by atoms with Crippen LogP contribution in [0.3, 0.4) is 0 Å². The van der Waals surface area contributed by atoms with Crippen molar-refractivity contribution < 1.29 is 5.11 Å². The van der Waals surface area contributed by atoms with Crippen LogP contribution in [0.2, 0.25) is 0 Å². The molecule has 0 aromatic heterocycles. The molecule has 2 N–H and O–H groups in total. The van der Waals surface area contributed by atoms with Crippen molar-refractivity contribution in [2.24, 2.45) is 0 Å². The van der Waals surface area contributed by atoms with Crippen LogP contribution in [0.15, 0.2) is 27.1 Å². The van der Waals surface area contributed by atoms with Crippen LogP contribution in [-0.2, 0) is 0 Å². The van der Waals surface area contributed by atoms with E-state index in [9.17, 15) is 5.11 Å². The fourth-order valence-corrected chi connectivity index (χ4v) is 4.26. The molecule has 0 aliphatic heterocycles. The molecule has 0 saturated heterocycles. The molecule has 20 heavy (non-hydrogen) atoms. The molecule has 0 radical (unpaired) electrons.